The van der Waals surface area contributed by atoms with Crippen LogP contribution in [-0.4, -0.2) is 5.11 Å². The van der Waals surface area contributed by atoms with Crippen LogP contribution in [0, 0.1) is 11.8 Å². The number of aliphatic hydroxyl groups excluding tert-OH is 1. The monoisotopic (exact) mass is 188 g/mol. The summed E-state index contributed by atoms with van der Waals surface area (Å²) in [6.07, 6.45) is 2.08. The second-order valence-electron chi connectivity index (χ2n) is 3.23. The maximum atomic E-state index is 9.72. The van der Waals surface area contributed by atoms with E-state index in [-0.39, 0.29) is 0 Å². The van der Waals surface area contributed by atoms with Crippen LogP contribution in [0.4, 0.5) is 0 Å². The molecule has 0 heterocycles. The molecular formula is C13H16O. The van der Waals surface area contributed by atoms with Crippen LogP contribution in [0.5, 0.6) is 0 Å². The summed E-state index contributed by atoms with van der Waals surface area (Å²) in [4.78, 5) is 0. The summed E-state index contributed by atoms with van der Waals surface area (Å²) in [6.45, 7) is 2.10. The van der Waals surface area contributed by atoms with E-state index in [1.165, 1.54) is 0 Å². The van der Waals surface area contributed by atoms with Gasteiger partial charge in [-0.05, 0) is 12.0 Å². The molecule has 1 heteroatoms. The lowest BCUT2D eigenvalue weighted by molar-refractivity contribution is 0.184. The smallest absolute Gasteiger partial charge is 0.0899 e. The van der Waals surface area contributed by atoms with Crippen molar-refractivity contribution < 1.29 is 5.11 Å². The normalized spacial score (nSPS) is 11.6. The highest BCUT2D eigenvalue weighted by atomic mass is 16.3. The predicted octanol–water partition coefficient (Wildman–Crippen LogP) is 2.91. The fourth-order valence-electron chi connectivity index (χ4n) is 1.18. The summed E-state index contributed by atoms with van der Waals surface area (Å²) in [5, 5.41) is 9.72. The third-order valence-corrected chi connectivity index (χ3v) is 1.98. The molecule has 1 aromatic carbocycles. The van der Waals surface area contributed by atoms with Crippen LogP contribution in [0.15, 0.2) is 30.3 Å². The molecule has 1 aromatic rings. The third kappa shape index (κ3) is 3.64. The summed E-state index contributed by atoms with van der Waals surface area (Å²) in [5.41, 5.74) is 0.943. The maximum Gasteiger partial charge on any atom is 0.0899 e. The Bertz CT molecular complexity index is 305. The molecule has 0 aliphatic carbocycles. The van der Waals surface area contributed by atoms with E-state index in [0.29, 0.717) is 6.42 Å². The Morgan fingerprint density at radius 3 is 2.57 bits per heavy atom. The van der Waals surface area contributed by atoms with E-state index in [4.69, 9.17) is 0 Å². The van der Waals surface area contributed by atoms with Gasteiger partial charge >= 0.3 is 0 Å². The van der Waals surface area contributed by atoms with Crippen molar-refractivity contribution in [1.82, 2.24) is 0 Å². The standard InChI is InChI=1S/C13H16O/c1-2-3-4-8-11-13(14)12-9-6-5-7-10-12/h5-7,9-10,13-14H,2-3,11H2,1H3. The second kappa shape index (κ2) is 6.23. The lowest BCUT2D eigenvalue weighted by Crippen LogP contribution is -1.94. The molecule has 1 unspecified atom stereocenters. The molecule has 1 rings (SSSR count). The van der Waals surface area contributed by atoms with Gasteiger partial charge in [0.05, 0.1) is 6.10 Å². The number of benzene rings is 1. The molecule has 0 aliphatic rings. The van der Waals surface area contributed by atoms with Crippen molar-refractivity contribution in [2.45, 2.75) is 32.3 Å². The predicted molar refractivity (Wildman–Crippen MR) is 58.7 cm³/mol. The minimum Gasteiger partial charge on any atom is -0.387 e. The molecule has 0 fully saturated rings. The number of unbranched alkanes of at least 4 members (excludes halogenated alkanes) is 1. The zero-order chi connectivity index (χ0) is 10.2. The summed E-state index contributed by atoms with van der Waals surface area (Å²) >= 11 is 0. The van der Waals surface area contributed by atoms with Gasteiger partial charge in [-0.1, -0.05) is 37.3 Å². The number of hydrogen-bond acceptors (Lipinski definition) is 1. The molecule has 0 amide bonds. The molecule has 0 saturated heterocycles. The lowest BCUT2D eigenvalue weighted by Gasteiger charge is -2.05. The van der Waals surface area contributed by atoms with Gasteiger partial charge in [-0.25, -0.2) is 0 Å². The van der Waals surface area contributed by atoms with Crippen LogP contribution in [0.25, 0.3) is 0 Å². The van der Waals surface area contributed by atoms with E-state index in [0.717, 1.165) is 18.4 Å². The minimum absolute atomic E-state index is 0.444. The van der Waals surface area contributed by atoms with Crippen molar-refractivity contribution in [2.24, 2.45) is 0 Å². The molecule has 0 radical (unpaired) electrons. The molecule has 1 nitrogen and oxygen atoms in total. The quantitative estimate of drug-likeness (QED) is 0.723. The molecule has 74 valence electrons. The lowest BCUT2D eigenvalue weighted by atomic mass is 10.1. The highest BCUT2D eigenvalue weighted by Gasteiger charge is 2.03. The van der Waals surface area contributed by atoms with Crippen molar-refractivity contribution in [1.29, 1.82) is 0 Å². The molecule has 1 atom stereocenters. The van der Waals surface area contributed by atoms with Crippen LogP contribution >= 0.6 is 0 Å². The molecule has 0 aliphatic heterocycles. The van der Waals surface area contributed by atoms with Gasteiger partial charge in [0.15, 0.2) is 0 Å². The number of rotatable bonds is 3. The van der Waals surface area contributed by atoms with Gasteiger partial charge in [0.1, 0.15) is 0 Å². The highest BCUT2D eigenvalue weighted by molar-refractivity contribution is 5.19. The summed E-state index contributed by atoms with van der Waals surface area (Å²) in [7, 11) is 0. The molecule has 1 N–H and O–H groups in total. The van der Waals surface area contributed by atoms with Gasteiger partial charge in [-0.15, -0.1) is 11.8 Å². The van der Waals surface area contributed by atoms with Gasteiger partial charge in [-0.2, -0.15) is 0 Å². The molecule has 0 saturated carbocycles. The largest absolute Gasteiger partial charge is 0.387 e. The first-order valence-corrected chi connectivity index (χ1v) is 5.03. The van der Waals surface area contributed by atoms with Crippen molar-refractivity contribution >= 4 is 0 Å². The Hall–Kier alpha value is -1.26. The average molecular weight is 188 g/mol. The molecule has 0 spiro atoms. The summed E-state index contributed by atoms with van der Waals surface area (Å²) in [5.74, 6) is 6.01. The first-order valence-electron chi connectivity index (χ1n) is 5.03. The SMILES string of the molecule is CCCC#CCC(O)c1ccccc1. The third-order valence-electron chi connectivity index (χ3n) is 1.98. The van der Waals surface area contributed by atoms with Gasteiger partial charge in [0.2, 0.25) is 0 Å². The van der Waals surface area contributed by atoms with Crippen LogP contribution in [-0.2, 0) is 0 Å². The summed E-state index contributed by atoms with van der Waals surface area (Å²) in [6, 6.07) is 9.65. The van der Waals surface area contributed by atoms with E-state index in [1.807, 2.05) is 30.3 Å². The fourth-order valence-corrected chi connectivity index (χ4v) is 1.18. The summed E-state index contributed by atoms with van der Waals surface area (Å²) < 4.78 is 0. The Balaban J connectivity index is 2.44. The van der Waals surface area contributed by atoms with Crippen LogP contribution in [0.2, 0.25) is 0 Å². The minimum atomic E-state index is -0.444. The van der Waals surface area contributed by atoms with Gasteiger partial charge < -0.3 is 5.11 Å². The second-order valence-corrected chi connectivity index (χ2v) is 3.23. The highest BCUT2D eigenvalue weighted by Crippen LogP contribution is 2.14. The van der Waals surface area contributed by atoms with Crippen molar-refractivity contribution in [2.75, 3.05) is 0 Å². The van der Waals surface area contributed by atoms with Crippen molar-refractivity contribution in [3.8, 4) is 11.8 Å². The zero-order valence-electron chi connectivity index (χ0n) is 8.53. The van der Waals surface area contributed by atoms with Gasteiger partial charge in [0, 0.05) is 12.8 Å². The van der Waals surface area contributed by atoms with E-state index >= 15 is 0 Å². The van der Waals surface area contributed by atoms with Crippen LogP contribution in [0.3, 0.4) is 0 Å². The Kier molecular flexibility index (Phi) is 4.82. The maximum absolute atomic E-state index is 9.72. The van der Waals surface area contributed by atoms with Crippen LogP contribution < -0.4 is 0 Å². The van der Waals surface area contributed by atoms with Gasteiger partial charge in [0.25, 0.3) is 0 Å². The first-order chi connectivity index (χ1) is 6.84. The molecule has 14 heavy (non-hydrogen) atoms. The van der Waals surface area contributed by atoms with E-state index in [1.54, 1.807) is 0 Å². The average Bonchev–Trinajstić information content (AvgIpc) is 2.25. The zero-order valence-corrected chi connectivity index (χ0v) is 8.53. The van der Waals surface area contributed by atoms with E-state index in [2.05, 4.69) is 18.8 Å². The Labute approximate surface area is 85.8 Å². The fraction of sp³-hybridized carbons (Fsp3) is 0.385. The molecular weight excluding hydrogens is 172 g/mol. The van der Waals surface area contributed by atoms with E-state index in [9.17, 15) is 5.11 Å². The van der Waals surface area contributed by atoms with Crippen molar-refractivity contribution in [3.05, 3.63) is 35.9 Å². The topological polar surface area (TPSA) is 20.2 Å². The molecule has 0 bridgehead atoms. The number of hydrogen-bond donors (Lipinski definition) is 1. The Morgan fingerprint density at radius 1 is 1.21 bits per heavy atom. The van der Waals surface area contributed by atoms with Crippen LogP contribution in [0.1, 0.15) is 37.9 Å². The molecule has 0 aromatic heterocycles. The Morgan fingerprint density at radius 2 is 1.93 bits per heavy atom. The van der Waals surface area contributed by atoms with Gasteiger partial charge in [-0.3, -0.25) is 0 Å². The first kappa shape index (κ1) is 10.8. The number of aliphatic hydroxyl groups is 1. The van der Waals surface area contributed by atoms with Crippen molar-refractivity contribution in [3.63, 3.8) is 0 Å². The van der Waals surface area contributed by atoms with E-state index < -0.39 is 6.10 Å².